The average Bonchev–Trinajstić information content (AvgIpc) is 3.15. The minimum atomic E-state index is -0.0887. The third-order valence-electron chi connectivity index (χ3n) is 11.2. The highest BCUT2D eigenvalue weighted by atomic mass is 32.2. The number of hydrogen-bond donors (Lipinski definition) is 0. The summed E-state index contributed by atoms with van der Waals surface area (Å²) in [6, 6.07) is 0. The summed E-state index contributed by atoms with van der Waals surface area (Å²) in [5.74, 6) is 4.51. The molecule has 0 aromatic carbocycles. The van der Waals surface area contributed by atoms with Crippen LogP contribution in [0.25, 0.3) is 0 Å². The van der Waals surface area contributed by atoms with E-state index in [2.05, 4.69) is 33.6 Å². The van der Waals surface area contributed by atoms with E-state index >= 15 is 0 Å². The van der Waals surface area contributed by atoms with E-state index < -0.39 is 0 Å². The van der Waals surface area contributed by atoms with E-state index in [0.29, 0.717) is 23.7 Å². The van der Waals surface area contributed by atoms with E-state index in [4.69, 9.17) is 7.85 Å². The zero-order valence-electron chi connectivity index (χ0n) is 21.8. The van der Waals surface area contributed by atoms with Crippen molar-refractivity contribution >= 4 is 25.4 Å². The van der Waals surface area contributed by atoms with Gasteiger partial charge < -0.3 is 4.90 Å². The first kappa shape index (κ1) is 25.5. The van der Waals surface area contributed by atoms with Crippen molar-refractivity contribution in [2.75, 3.05) is 12.8 Å². The standard InChI is InChI=1S/C29H46BNOS/c1-7-17-31(8-2)19-26(32)25-12-11-23-22-10-9-20-18-21(29(5,30)33-6)13-15-27(20,3)24(22)14-16-28(23,25)4/h7-8,17,20-25H,2,9-16,18-19H2,1,3-6H3/b17-7-. The molecule has 0 saturated heterocycles. The van der Waals surface area contributed by atoms with Crippen molar-refractivity contribution in [2.24, 2.45) is 46.3 Å². The van der Waals surface area contributed by atoms with Crippen molar-refractivity contribution in [2.45, 2.75) is 90.1 Å². The molecule has 4 aliphatic carbocycles. The van der Waals surface area contributed by atoms with Gasteiger partial charge in [-0.15, -0.1) is 0 Å². The zero-order valence-corrected chi connectivity index (χ0v) is 22.6. The number of thioether (sulfide) groups is 1. The third-order valence-corrected chi connectivity index (χ3v) is 12.4. The Morgan fingerprint density at radius 2 is 1.82 bits per heavy atom. The Labute approximate surface area is 209 Å². The monoisotopic (exact) mass is 467 g/mol. The molecule has 0 N–H and O–H groups in total. The van der Waals surface area contributed by atoms with Crippen LogP contribution in [0.1, 0.15) is 85.5 Å². The van der Waals surface area contributed by atoms with Gasteiger partial charge in [0, 0.05) is 5.92 Å². The molecule has 4 rings (SSSR count). The number of Topliss-reactive ketones (excluding diaryl/α,β-unsaturated/α-hetero) is 1. The van der Waals surface area contributed by atoms with Gasteiger partial charge in [0.05, 0.1) is 14.4 Å². The number of ketones is 1. The van der Waals surface area contributed by atoms with Gasteiger partial charge in [-0.2, -0.15) is 11.8 Å². The zero-order chi connectivity index (χ0) is 24.0. The maximum Gasteiger partial charge on any atom is 0.156 e. The predicted octanol–water partition coefficient (Wildman–Crippen LogP) is 7.06. The summed E-state index contributed by atoms with van der Waals surface area (Å²) in [6.07, 6.45) is 19.5. The molecule has 0 aliphatic heterocycles. The highest BCUT2D eigenvalue weighted by Crippen LogP contribution is 2.68. The highest BCUT2D eigenvalue weighted by Gasteiger charge is 2.61. The number of carbonyl (C=O) groups is 1. The summed E-state index contributed by atoms with van der Waals surface area (Å²) in [6.45, 7) is 13.7. The van der Waals surface area contributed by atoms with E-state index in [1.165, 1.54) is 51.4 Å². The smallest absolute Gasteiger partial charge is 0.156 e. The van der Waals surface area contributed by atoms with Crippen LogP contribution in [0.5, 0.6) is 0 Å². The second-order valence-corrected chi connectivity index (χ2v) is 13.8. The molecule has 4 aliphatic rings. The SMILES string of the molecule is [B]C(C)(SC)C1CCC2(C)C(CCC3C2CCC2(C)C(C(=O)CN(C=C)/C=C\C)CCC32)C1. The fourth-order valence-corrected chi connectivity index (χ4v) is 9.68. The highest BCUT2D eigenvalue weighted by molar-refractivity contribution is 8.01. The summed E-state index contributed by atoms with van der Waals surface area (Å²) in [7, 11) is 6.70. The molecule has 2 nitrogen and oxygen atoms in total. The minimum Gasteiger partial charge on any atom is -0.348 e. The van der Waals surface area contributed by atoms with Crippen molar-refractivity contribution in [3.05, 3.63) is 25.1 Å². The first-order chi connectivity index (χ1) is 15.6. The Bertz CT molecular complexity index is 780. The largest absolute Gasteiger partial charge is 0.348 e. The van der Waals surface area contributed by atoms with Gasteiger partial charge in [-0.3, -0.25) is 4.79 Å². The van der Waals surface area contributed by atoms with E-state index in [1.54, 1.807) is 6.20 Å². The van der Waals surface area contributed by atoms with Crippen LogP contribution in [0, 0.1) is 46.3 Å². The van der Waals surface area contributed by atoms with E-state index in [9.17, 15) is 4.79 Å². The van der Waals surface area contributed by atoms with Gasteiger partial charge in [-0.05, 0) is 128 Å². The van der Waals surface area contributed by atoms with Gasteiger partial charge in [-0.1, -0.05) is 33.4 Å². The van der Waals surface area contributed by atoms with Crippen molar-refractivity contribution in [1.82, 2.24) is 4.90 Å². The molecule has 9 unspecified atom stereocenters. The number of allylic oxidation sites excluding steroid dienone is 1. The lowest BCUT2D eigenvalue weighted by Crippen LogP contribution is -2.55. The fourth-order valence-electron chi connectivity index (χ4n) is 9.13. The Balaban J connectivity index is 1.49. The number of rotatable bonds is 7. The van der Waals surface area contributed by atoms with Gasteiger partial charge in [0.1, 0.15) is 0 Å². The number of carbonyl (C=O) groups excluding carboxylic acids is 1. The molecule has 0 heterocycles. The van der Waals surface area contributed by atoms with Crippen LogP contribution < -0.4 is 0 Å². The molecule has 0 bridgehead atoms. The molecule has 0 aromatic heterocycles. The Hall–Kier alpha value is -0.635. The maximum atomic E-state index is 13.4. The van der Waals surface area contributed by atoms with Gasteiger partial charge in [0.15, 0.2) is 5.78 Å². The summed E-state index contributed by atoms with van der Waals surface area (Å²) in [4.78, 5) is 15.4. The van der Waals surface area contributed by atoms with E-state index in [-0.39, 0.29) is 16.0 Å². The lowest BCUT2D eigenvalue weighted by molar-refractivity contribution is -0.137. The number of nitrogens with zero attached hydrogens (tertiary/aromatic N) is 1. The minimum absolute atomic E-state index is 0.0887. The Morgan fingerprint density at radius 3 is 2.48 bits per heavy atom. The topological polar surface area (TPSA) is 20.3 Å². The summed E-state index contributed by atoms with van der Waals surface area (Å²) in [5, 5.41) is 0. The first-order valence-corrected chi connectivity index (χ1v) is 14.7. The van der Waals surface area contributed by atoms with Crippen LogP contribution >= 0.6 is 11.8 Å². The summed E-state index contributed by atoms with van der Waals surface area (Å²) >= 11 is 1.85. The van der Waals surface area contributed by atoms with Crippen molar-refractivity contribution in [3.63, 3.8) is 0 Å². The lowest BCUT2D eigenvalue weighted by atomic mass is 9.43. The quantitative estimate of drug-likeness (QED) is 0.374. The van der Waals surface area contributed by atoms with Crippen molar-refractivity contribution in [3.8, 4) is 0 Å². The molecule has 9 atom stereocenters. The van der Waals surface area contributed by atoms with Crippen LogP contribution in [0.3, 0.4) is 0 Å². The van der Waals surface area contributed by atoms with Crippen LogP contribution in [-0.2, 0) is 4.79 Å². The normalized spacial score (nSPS) is 44.4. The van der Waals surface area contributed by atoms with Gasteiger partial charge in [0.25, 0.3) is 0 Å². The van der Waals surface area contributed by atoms with Crippen LogP contribution in [0.15, 0.2) is 25.1 Å². The van der Waals surface area contributed by atoms with Crippen molar-refractivity contribution in [1.29, 1.82) is 0 Å². The van der Waals surface area contributed by atoms with Crippen LogP contribution in [0.4, 0.5) is 0 Å². The summed E-state index contributed by atoms with van der Waals surface area (Å²) in [5.41, 5.74) is 0.666. The van der Waals surface area contributed by atoms with Gasteiger partial charge >= 0.3 is 0 Å². The number of fused-ring (bicyclic) bond motifs is 5. The van der Waals surface area contributed by atoms with Crippen LogP contribution in [-0.4, -0.2) is 36.0 Å². The molecule has 4 heteroatoms. The molecule has 33 heavy (non-hydrogen) atoms. The Kier molecular flexibility index (Phi) is 7.28. The van der Waals surface area contributed by atoms with E-state index in [1.807, 2.05) is 35.9 Å². The maximum absolute atomic E-state index is 13.4. The van der Waals surface area contributed by atoms with Crippen LogP contribution in [0.2, 0.25) is 0 Å². The third kappa shape index (κ3) is 4.29. The van der Waals surface area contributed by atoms with Crippen molar-refractivity contribution < 1.29 is 4.79 Å². The molecular weight excluding hydrogens is 421 g/mol. The fraction of sp³-hybridized carbons (Fsp3) is 0.828. The van der Waals surface area contributed by atoms with Gasteiger partial charge in [-0.25, -0.2) is 0 Å². The van der Waals surface area contributed by atoms with Gasteiger partial charge in [0.2, 0.25) is 0 Å². The average molecular weight is 468 g/mol. The molecular formula is C29H46BNOS. The summed E-state index contributed by atoms with van der Waals surface area (Å²) < 4.78 is -0.0887. The second kappa shape index (κ2) is 9.43. The predicted molar refractivity (Wildman–Crippen MR) is 143 cm³/mol. The molecule has 182 valence electrons. The Morgan fingerprint density at radius 1 is 1.12 bits per heavy atom. The molecule has 2 radical (unpaired) electrons. The molecule has 0 spiro atoms. The van der Waals surface area contributed by atoms with E-state index in [0.717, 1.165) is 30.1 Å². The number of hydrogen-bond acceptors (Lipinski definition) is 3. The molecule has 4 saturated carbocycles. The first-order valence-electron chi connectivity index (χ1n) is 13.5. The molecule has 0 aromatic rings. The molecule has 4 fully saturated rings. The second-order valence-electron chi connectivity index (χ2n) is 12.5. The lowest BCUT2D eigenvalue weighted by Gasteiger charge is -2.62. The molecule has 0 amide bonds.